The Kier molecular flexibility index (Phi) is 2.68. The average molecular weight is 162 g/mol. The van der Waals surface area contributed by atoms with Gasteiger partial charge in [0.15, 0.2) is 6.10 Å². The first kappa shape index (κ1) is 8.30. The minimum absolute atomic E-state index is 0.0556. The van der Waals surface area contributed by atoms with Crippen LogP contribution in [-0.2, 0) is 9.47 Å². The topological polar surface area (TPSA) is 35.5 Å². The molecule has 0 aromatic heterocycles. The number of carbonyl (C=O) groups is 1. The molecule has 2 atom stereocenters. The van der Waals surface area contributed by atoms with Gasteiger partial charge in [-0.3, -0.25) is 0 Å². The zero-order valence-electron chi connectivity index (χ0n) is 6.38. The van der Waals surface area contributed by atoms with Crippen molar-refractivity contribution in [3.63, 3.8) is 0 Å². The predicted octanol–water partition coefficient (Wildman–Crippen LogP) is 1.66. The highest BCUT2D eigenvalue weighted by molar-refractivity contribution is 5.61. The van der Waals surface area contributed by atoms with E-state index in [1.807, 2.05) is 6.92 Å². The van der Waals surface area contributed by atoms with Crippen molar-refractivity contribution in [3.8, 4) is 0 Å². The lowest BCUT2D eigenvalue weighted by molar-refractivity contribution is 0.0773. The Balaban J connectivity index is 2.30. The Morgan fingerprint density at radius 3 is 3.00 bits per heavy atom. The Morgan fingerprint density at radius 1 is 1.82 bits per heavy atom. The molecule has 0 bridgehead atoms. The van der Waals surface area contributed by atoms with Gasteiger partial charge in [-0.25, -0.2) is 9.18 Å². The molecule has 0 N–H and O–H groups in total. The van der Waals surface area contributed by atoms with Crippen LogP contribution in [0.25, 0.3) is 0 Å². The van der Waals surface area contributed by atoms with Gasteiger partial charge in [-0.15, -0.1) is 0 Å². The van der Waals surface area contributed by atoms with E-state index in [1.54, 1.807) is 0 Å². The fourth-order valence-electron chi connectivity index (χ4n) is 0.982. The van der Waals surface area contributed by atoms with Crippen LogP contribution >= 0.6 is 0 Å². The van der Waals surface area contributed by atoms with Gasteiger partial charge in [0.25, 0.3) is 0 Å². The lowest BCUT2D eigenvalue weighted by atomic mass is 10.1. The maximum atomic E-state index is 12.9. The predicted molar refractivity (Wildman–Crippen MR) is 36.0 cm³/mol. The fraction of sp³-hybridized carbons (Fsp3) is 0.857. The molecule has 1 fully saturated rings. The molecule has 0 saturated carbocycles. The number of cyclic esters (lactones) is 2. The van der Waals surface area contributed by atoms with Gasteiger partial charge in [-0.2, -0.15) is 0 Å². The summed E-state index contributed by atoms with van der Waals surface area (Å²) < 4.78 is 21.9. The van der Waals surface area contributed by atoms with E-state index in [9.17, 15) is 9.18 Å². The van der Waals surface area contributed by atoms with Crippen molar-refractivity contribution < 1.29 is 18.7 Å². The van der Waals surface area contributed by atoms with E-state index < -0.39 is 18.4 Å². The van der Waals surface area contributed by atoms with Crippen molar-refractivity contribution in [1.29, 1.82) is 0 Å². The quantitative estimate of drug-likeness (QED) is 0.592. The van der Waals surface area contributed by atoms with E-state index in [0.29, 0.717) is 6.42 Å². The molecular weight excluding hydrogens is 151 g/mol. The third kappa shape index (κ3) is 2.06. The van der Waals surface area contributed by atoms with Crippen LogP contribution in [0.1, 0.15) is 19.8 Å². The third-order valence-corrected chi connectivity index (χ3v) is 1.58. The summed E-state index contributed by atoms with van der Waals surface area (Å²) in [5.41, 5.74) is 0. The second kappa shape index (κ2) is 3.55. The number of alkyl halides is 1. The van der Waals surface area contributed by atoms with Crippen molar-refractivity contribution in [2.45, 2.75) is 32.0 Å². The summed E-state index contributed by atoms with van der Waals surface area (Å²) in [4.78, 5) is 10.4. The van der Waals surface area contributed by atoms with Crippen LogP contribution in [0.5, 0.6) is 0 Å². The molecule has 0 spiro atoms. The monoisotopic (exact) mass is 162 g/mol. The van der Waals surface area contributed by atoms with Gasteiger partial charge in [0, 0.05) is 0 Å². The maximum Gasteiger partial charge on any atom is 0.508 e. The van der Waals surface area contributed by atoms with Crippen molar-refractivity contribution in [2.75, 3.05) is 6.61 Å². The summed E-state index contributed by atoms with van der Waals surface area (Å²) >= 11 is 0. The lowest BCUT2D eigenvalue weighted by Gasteiger charge is -2.10. The molecule has 0 amide bonds. The number of halogens is 1. The molecule has 0 aromatic rings. The number of ether oxygens (including phenoxy) is 2. The maximum absolute atomic E-state index is 12.9. The highest BCUT2D eigenvalue weighted by atomic mass is 19.1. The van der Waals surface area contributed by atoms with E-state index in [2.05, 4.69) is 9.47 Å². The Hall–Kier alpha value is -0.800. The summed E-state index contributed by atoms with van der Waals surface area (Å²) in [5.74, 6) is 0. The van der Waals surface area contributed by atoms with Crippen LogP contribution < -0.4 is 0 Å². The van der Waals surface area contributed by atoms with Crippen LogP contribution in [0, 0.1) is 0 Å². The van der Waals surface area contributed by atoms with E-state index in [0.717, 1.165) is 6.42 Å². The van der Waals surface area contributed by atoms with Gasteiger partial charge in [-0.05, 0) is 6.42 Å². The minimum Gasteiger partial charge on any atom is -0.430 e. The van der Waals surface area contributed by atoms with Crippen LogP contribution in [0.3, 0.4) is 0 Å². The van der Waals surface area contributed by atoms with Crippen molar-refractivity contribution in [2.24, 2.45) is 0 Å². The summed E-state index contributed by atoms with van der Waals surface area (Å²) in [7, 11) is 0. The molecule has 0 radical (unpaired) electrons. The number of carbonyl (C=O) groups excluding carboxylic acids is 1. The van der Waals surface area contributed by atoms with Crippen LogP contribution in [0.4, 0.5) is 9.18 Å². The molecule has 1 heterocycles. The van der Waals surface area contributed by atoms with E-state index >= 15 is 0 Å². The van der Waals surface area contributed by atoms with Gasteiger partial charge in [0.2, 0.25) is 0 Å². The van der Waals surface area contributed by atoms with Gasteiger partial charge in [-0.1, -0.05) is 13.3 Å². The summed E-state index contributed by atoms with van der Waals surface area (Å²) in [6.07, 6.45) is -1.35. The second-order valence-electron chi connectivity index (χ2n) is 2.52. The standard InChI is InChI=1S/C7H11FO3/c1-2-3-5(8)6-4-10-7(9)11-6/h5-6H,2-4H2,1H3. The normalized spacial score (nSPS) is 26.0. The molecule has 11 heavy (non-hydrogen) atoms. The highest BCUT2D eigenvalue weighted by Gasteiger charge is 2.31. The minimum atomic E-state index is -1.08. The molecule has 2 unspecified atom stereocenters. The Bertz CT molecular complexity index is 149. The molecule has 0 aliphatic carbocycles. The molecule has 1 aliphatic rings. The molecule has 64 valence electrons. The molecule has 0 aromatic carbocycles. The molecular formula is C7H11FO3. The van der Waals surface area contributed by atoms with Gasteiger partial charge < -0.3 is 9.47 Å². The number of hydrogen-bond acceptors (Lipinski definition) is 3. The Labute approximate surface area is 64.5 Å². The second-order valence-corrected chi connectivity index (χ2v) is 2.52. The largest absolute Gasteiger partial charge is 0.508 e. The molecule has 3 nitrogen and oxygen atoms in total. The van der Waals surface area contributed by atoms with Crippen molar-refractivity contribution in [3.05, 3.63) is 0 Å². The number of hydrogen-bond donors (Lipinski definition) is 0. The van der Waals surface area contributed by atoms with Crippen molar-refractivity contribution >= 4 is 6.16 Å². The first-order valence-corrected chi connectivity index (χ1v) is 3.71. The fourth-order valence-corrected chi connectivity index (χ4v) is 0.982. The zero-order valence-corrected chi connectivity index (χ0v) is 6.38. The smallest absolute Gasteiger partial charge is 0.430 e. The first-order valence-electron chi connectivity index (χ1n) is 3.71. The zero-order chi connectivity index (χ0) is 8.27. The average Bonchev–Trinajstić information content (AvgIpc) is 2.36. The van der Waals surface area contributed by atoms with Gasteiger partial charge in [0.05, 0.1) is 0 Å². The highest BCUT2D eigenvalue weighted by Crippen LogP contribution is 2.16. The van der Waals surface area contributed by atoms with Gasteiger partial charge >= 0.3 is 6.16 Å². The summed E-state index contributed by atoms with van der Waals surface area (Å²) in [6.45, 7) is 1.93. The number of rotatable bonds is 3. The van der Waals surface area contributed by atoms with Gasteiger partial charge in [0.1, 0.15) is 12.8 Å². The van der Waals surface area contributed by atoms with E-state index in [1.165, 1.54) is 0 Å². The van der Waals surface area contributed by atoms with Crippen LogP contribution in [0.15, 0.2) is 0 Å². The first-order chi connectivity index (χ1) is 5.24. The SMILES string of the molecule is CCCC(F)C1COC(=O)O1. The Morgan fingerprint density at radius 2 is 2.55 bits per heavy atom. The van der Waals surface area contributed by atoms with E-state index in [-0.39, 0.29) is 6.61 Å². The molecule has 1 rings (SSSR count). The third-order valence-electron chi connectivity index (χ3n) is 1.58. The molecule has 4 heteroatoms. The van der Waals surface area contributed by atoms with Crippen LogP contribution in [0.2, 0.25) is 0 Å². The lowest BCUT2D eigenvalue weighted by Crippen LogP contribution is -2.23. The van der Waals surface area contributed by atoms with Crippen LogP contribution in [-0.4, -0.2) is 25.0 Å². The molecule has 1 aliphatic heterocycles. The summed E-state index contributed by atoms with van der Waals surface area (Å²) in [5, 5.41) is 0. The van der Waals surface area contributed by atoms with Crippen molar-refractivity contribution in [1.82, 2.24) is 0 Å². The van der Waals surface area contributed by atoms with E-state index in [4.69, 9.17) is 0 Å². The molecule has 1 saturated heterocycles. The summed E-state index contributed by atoms with van der Waals surface area (Å²) in [6, 6.07) is 0.